The maximum absolute atomic E-state index is 11.9. The zero-order valence-corrected chi connectivity index (χ0v) is 12.0. The second-order valence-corrected chi connectivity index (χ2v) is 5.69. The van der Waals surface area contributed by atoms with Crippen LogP contribution in [0.2, 0.25) is 5.02 Å². The van der Waals surface area contributed by atoms with Gasteiger partial charge in [0.05, 0.1) is 10.7 Å². The number of carbonyl (C=O) groups excluding carboxylic acids is 2. The van der Waals surface area contributed by atoms with E-state index in [0.717, 1.165) is 12.8 Å². The number of carbonyl (C=O) groups is 2. The number of nitrogens with zero attached hydrogens (tertiary/aromatic N) is 2. The van der Waals surface area contributed by atoms with Gasteiger partial charge in [0.1, 0.15) is 0 Å². The van der Waals surface area contributed by atoms with Gasteiger partial charge in [0, 0.05) is 31.7 Å². The Morgan fingerprint density at radius 1 is 1.35 bits per heavy atom. The Bertz CT molecular complexity index is 572. The summed E-state index contributed by atoms with van der Waals surface area (Å²) >= 11 is 6.24. The van der Waals surface area contributed by atoms with E-state index in [1.165, 1.54) is 0 Å². The Labute approximate surface area is 122 Å². The summed E-state index contributed by atoms with van der Waals surface area (Å²) in [5, 5.41) is 3.32. The molecule has 1 aromatic rings. The highest BCUT2D eigenvalue weighted by Gasteiger charge is 2.30. The van der Waals surface area contributed by atoms with Crippen LogP contribution in [0.5, 0.6) is 0 Å². The molecular weight excluding hydrogens is 278 g/mol. The molecule has 1 heterocycles. The van der Waals surface area contributed by atoms with Crippen molar-refractivity contribution in [3.05, 3.63) is 23.2 Å². The van der Waals surface area contributed by atoms with Crippen LogP contribution in [0.25, 0.3) is 0 Å². The molecule has 2 aliphatic rings. The van der Waals surface area contributed by atoms with E-state index < -0.39 is 0 Å². The van der Waals surface area contributed by atoms with Gasteiger partial charge in [-0.2, -0.15) is 0 Å². The minimum Gasteiger partial charge on any atom is -0.326 e. The highest BCUT2D eigenvalue weighted by molar-refractivity contribution is 6.34. The van der Waals surface area contributed by atoms with Gasteiger partial charge in [-0.25, -0.2) is 4.79 Å². The van der Waals surface area contributed by atoms with Crippen molar-refractivity contribution >= 4 is 34.9 Å². The van der Waals surface area contributed by atoms with Crippen LogP contribution in [-0.2, 0) is 4.79 Å². The quantitative estimate of drug-likeness (QED) is 0.931. The molecule has 3 rings (SSSR count). The lowest BCUT2D eigenvalue weighted by atomic mass is 10.2. The number of benzene rings is 1. The van der Waals surface area contributed by atoms with E-state index in [9.17, 15) is 9.59 Å². The van der Waals surface area contributed by atoms with Crippen molar-refractivity contribution in [1.29, 1.82) is 0 Å². The number of nitrogens with one attached hydrogen (secondary N) is 1. The molecule has 5 nitrogen and oxygen atoms in total. The zero-order valence-electron chi connectivity index (χ0n) is 11.2. The Balaban J connectivity index is 1.77. The fourth-order valence-electron chi connectivity index (χ4n) is 2.26. The normalized spacial score (nSPS) is 18.6. The van der Waals surface area contributed by atoms with E-state index in [1.807, 2.05) is 0 Å². The molecule has 1 saturated carbocycles. The first-order valence-corrected chi connectivity index (χ1v) is 7.07. The summed E-state index contributed by atoms with van der Waals surface area (Å²) in [6.45, 7) is 1.32. The summed E-state index contributed by atoms with van der Waals surface area (Å²) in [5.74, 6) is 0.202. The largest absolute Gasteiger partial charge is 0.326 e. The first-order valence-electron chi connectivity index (χ1n) is 6.69. The number of hydrogen-bond donors (Lipinski definition) is 1. The second kappa shape index (κ2) is 4.98. The van der Waals surface area contributed by atoms with E-state index in [0.29, 0.717) is 29.5 Å². The van der Waals surface area contributed by atoms with Gasteiger partial charge in [0.2, 0.25) is 5.91 Å². The third-order valence-corrected chi connectivity index (χ3v) is 3.97. The average Bonchev–Trinajstić information content (AvgIpc) is 3.20. The molecule has 6 heteroatoms. The Morgan fingerprint density at radius 2 is 2.10 bits per heavy atom. The molecule has 0 atom stereocenters. The van der Waals surface area contributed by atoms with Crippen LogP contribution in [-0.4, -0.2) is 37.0 Å². The lowest BCUT2D eigenvalue weighted by molar-refractivity contribution is -0.117. The van der Waals surface area contributed by atoms with Crippen LogP contribution in [0.15, 0.2) is 18.2 Å². The molecule has 0 aromatic heterocycles. The third-order valence-electron chi connectivity index (χ3n) is 3.67. The number of halogens is 1. The lowest BCUT2D eigenvalue weighted by Gasteiger charge is -2.18. The average molecular weight is 294 g/mol. The molecule has 106 valence electrons. The molecule has 3 amide bonds. The molecule has 1 aliphatic heterocycles. The van der Waals surface area contributed by atoms with Gasteiger partial charge in [-0.15, -0.1) is 0 Å². The van der Waals surface area contributed by atoms with Crippen molar-refractivity contribution in [2.75, 3.05) is 30.4 Å². The monoisotopic (exact) mass is 293 g/mol. The van der Waals surface area contributed by atoms with Crippen molar-refractivity contribution < 1.29 is 9.59 Å². The Hall–Kier alpha value is -1.75. The first kappa shape index (κ1) is 13.2. The van der Waals surface area contributed by atoms with Gasteiger partial charge in [-0.3, -0.25) is 9.69 Å². The van der Waals surface area contributed by atoms with Crippen LogP contribution in [0, 0.1) is 5.92 Å². The maximum atomic E-state index is 11.9. The number of hydrogen-bond acceptors (Lipinski definition) is 2. The molecular formula is C14H16ClN3O2. The lowest BCUT2D eigenvalue weighted by Crippen LogP contribution is -2.29. The Kier molecular flexibility index (Phi) is 3.30. The van der Waals surface area contributed by atoms with Crippen LogP contribution in [0.4, 0.5) is 16.2 Å². The number of likely N-dealkylation sites (N-methyl/N-ethyl adjacent to an activating group) is 1. The van der Waals surface area contributed by atoms with Crippen LogP contribution in [0.3, 0.4) is 0 Å². The van der Waals surface area contributed by atoms with Crippen LogP contribution >= 0.6 is 11.6 Å². The predicted molar refractivity (Wildman–Crippen MR) is 78.2 cm³/mol. The summed E-state index contributed by atoms with van der Waals surface area (Å²) in [6, 6.07) is 5.21. The molecule has 0 unspecified atom stereocenters. The maximum Gasteiger partial charge on any atom is 0.324 e. The van der Waals surface area contributed by atoms with E-state index in [2.05, 4.69) is 5.32 Å². The number of urea groups is 1. The fourth-order valence-corrected chi connectivity index (χ4v) is 2.55. The standard InChI is InChI=1S/C14H16ClN3O2/c1-17-6-7-18(14(17)20)12-5-4-10(8-11(12)15)16-13(19)9-2-3-9/h4-5,8-9H,2-3,6-7H2,1H3,(H,16,19). The van der Waals surface area contributed by atoms with Gasteiger partial charge < -0.3 is 10.2 Å². The smallest absolute Gasteiger partial charge is 0.324 e. The van der Waals surface area contributed by atoms with Crippen molar-refractivity contribution in [2.45, 2.75) is 12.8 Å². The van der Waals surface area contributed by atoms with E-state index >= 15 is 0 Å². The second-order valence-electron chi connectivity index (χ2n) is 5.29. The van der Waals surface area contributed by atoms with Gasteiger partial charge in [0.15, 0.2) is 0 Å². The van der Waals surface area contributed by atoms with Gasteiger partial charge in [0.25, 0.3) is 0 Å². The summed E-state index contributed by atoms with van der Waals surface area (Å²) in [7, 11) is 1.76. The fraction of sp³-hybridized carbons (Fsp3) is 0.429. The summed E-state index contributed by atoms with van der Waals surface area (Å²) < 4.78 is 0. The SMILES string of the molecule is CN1CCN(c2ccc(NC(=O)C3CC3)cc2Cl)C1=O. The van der Waals surface area contributed by atoms with Gasteiger partial charge in [-0.1, -0.05) is 11.6 Å². The highest BCUT2D eigenvalue weighted by Crippen LogP contribution is 2.33. The molecule has 1 saturated heterocycles. The van der Waals surface area contributed by atoms with Crippen LogP contribution in [0.1, 0.15) is 12.8 Å². The van der Waals surface area contributed by atoms with Gasteiger partial charge in [-0.05, 0) is 31.0 Å². The van der Waals surface area contributed by atoms with Gasteiger partial charge >= 0.3 is 6.03 Å². The van der Waals surface area contributed by atoms with E-state index in [4.69, 9.17) is 11.6 Å². The molecule has 1 aliphatic carbocycles. The molecule has 2 fully saturated rings. The van der Waals surface area contributed by atoms with E-state index in [-0.39, 0.29) is 17.9 Å². The zero-order chi connectivity index (χ0) is 14.3. The molecule has 0 radical (unpaired) electrons. The van der Waals surface area contributed by atoms with Crippen molar-refractivity contribution in [1.82, 2.24) is 4.90 Å². The van der Waals surface area contributed by atoms with Crippen LogP contribution < -0.4 is 10.2 Å². The molecule has 20 heavy (non-hydrogen) atoms. The Morgan fingerprint density at radius 3 is 2.65 bits per heavy atom. The highest BCUT2D eigenvalue weighted by atomic mass is 35.5. The topological polar surface area (TPSA) is 52.6 Å². The third kappa shape index (κ3) is 2.45. The molecule has 1 N–H and O–H groups in total. The van der Waals surface area contributed by atoms with Crippen molar-refractivity contribution in [3.63, 3.8) is 0 Å². The number of rotatable bonds is 3. The van der Waals surface area contributed by atoms with E-state index in [1.54, 1.807) is 35.0 Å². The molecule has 1 aromatic carbocycles. The predicted octanol–water partition coefficient (Wildman–Crippen LogP) is 2.56. The summed E-state index contributed by atoms with van der Waals surface area (Å²) in [4.78, 5) is 26.9. The van der Waals surface area contributed by atoms with Crippen molar-refractivity contribution in [3.8, 4) is 0 Å². The molecule has 0 bridgehead atoms. The van der Waals surface area contributed by atoms with Crippen molar-refractivity contribution in [2.24, 2.45) is 5.92 Å². The number of amides is 3. The summed E-state index contributed by atoms with van der Waals surface area (Å²) in [6.07, 6.45) is 1.93. The summed E-state index contributed by atoms with van der Waals surface area (Å²) in [5.41, 5.74) is 1.36. The molecule has 0 spiro atoms. The minimum absolute atomic E-state index is 0.0470. The minimum atomic E-state index is -0.0540. The first-order chi connectivity index (χ1) is 9.56. The number of anilines is 2.